The Hall–Kier alpha value is -1.18. The molecule has 1 aromatic carbocycles. The first-order chi connectivity index (χ1) is 12.6. The standard InChI is InChI=1S/C19H24ClN3OS2/c1-13-15(20)5-3-6-16(13)22-19(25)21-14(2)18(17-7-4-12-26-17)23-8-10-24-11-9-23/h3-7,12,14,18H,8-11H2,1-2H3,(H2,21,22,25)/p+1/t14-,18-/m0/s1. The van der Waals surface area contributed by atoms with Crippen molar-refractivity contribution in [3.05, 3.63) is 51.2 Å². The van der Waals surface area contributed by atoms with E-state index < -0.39 is 0 Å². The van der Waals surface area contributed by atoms with Crippen LogP contribution in [0.1, 0.15) is 23.4 Å². The van der Waals surface area contributed by atoms with Crippen LogP contribution < -0.4 is 15.5 Å². The quantitative estimate of drug-likeness (QED) is 0.662. The molecule has 26 heavy (non-hydrogen) atoms. The zero-order chi connectivity index (χ0) is 18.5. The van der Waals surface area contributed by atoms with E-state index in [4.69, 9.17) is 28.6 Å². The Bertz CT molecular complexity index is 732. The second kappa shape index (κ2) is 9.15. The summed E-state index contributed by atoms with van der Waals surface area (Å²) in [6.07, 6.45) is 0. The van der Waals surface area contributed by atoms with Gasteiger partial charge in [0.1, 0.15) is 19.1 Å². The summed E-state index contributed by atoms with van der Waals surface area (Å²) in [5.41, 5.74) is 1.94. The molecule has 0 unspecified atom stereocenters. The third kappa shape index (κ3) is 4.75. The fraction of sp³-hybridized carbons (Fsp3) is 0.421. The van der Waals surface area contributed by atoms with Crippen molar-refractivity contribution in [3.63, 3.8) is 0 Å². The van der Waals surface area contributed by atoms with Crippen molar-refractivity contribution in [1.29, 1.82) is 0 Å². The molecule has 1 aliphatic heterocycles. The average molecular weight is 411 g/mol. The van der Waals surface area contributed by atoms with Gasteiger partial charge in [-0.25, -0.2) is 0 Å². The number of nitrogens with one attached hydrogen (secondary N) is 3. The van der Waals surface area contributed by atoms with Crippen molar-refractivity contribution in [3.8, 4) is 0 Å². The van der Waals surface area contributed by atoms with E-state index in [1.807, 2.05) is 25.1 Å². The summed E-state index contributed by atoms with van der Waals surface area (Å²) < 4.78 is 5.54. The van der Waals surface area contributed by atoms with Crippen LogP contribution in [0.2, 0.25) is 5.02 Å². The van der Waals surface area contributed by atoms with Crippen LogP contribution in [-0.4, -0.2) is 37.5 Å². The van der Waals surface area contributed by atoms with Gasteiger partial charge >= 0.3 is 0 Å². The fourth-order valence-corrected chi connectivity index (χ4v) is 4.86. The maximum atomic E-state index is 6.21. The highest BCUT2D eigenvalue weighted by Crippen LogP contribution is 2.23. The van der Waals surface area contributed by atoms with E-state index in [-0.39, 0.29) is 6.04 Å². The monoisotopic (exact) mass is 410 g/mol. The lowest BCUT2D eigenvalue weighted by Crippen LogP contribution is -3.15. The number of quaternary nitrogens is 1. The van der Waals surface area contributed by atoms with Crippen molar-refractivity contribution in [2.75, 3.05) is 31.6 Å². The van der Waals surface area contributed by atoms with Gasteiger partial charge in [-0.15, -0.1) is 11.3 Å². The van der Waals surface area contributed by atoms with Crippen LogP contribution in [0, 0.1) is 6.92 Å². The third-order valence-electron chi connectivity index (χ3n) is 4.80. The van der Waals surface area contributed by atoms with Crippen LogP contribution in [0.5, 0.6) is 0 Å². The minimum Gasteiger partial charge on any atom is -0.370 e. The van der Waals surface area contributed by atoms with Gasteiger partial charge in [-0.3, -0.25) is 0 Å². The van der Waals surface area contributed by atoms with Crippen molar-refractivity contribution in [2.24, 2.45) is 0 Å². The molecule has 140 valence electrons. The van der Waals surface area contributed by atoms with Crippen LogP contribution in [0.25, 0.3) is 0 Å². The van der Waals surface area contributed by atoms with E-state index >= 15 is 0 Å². The summed E-state index contributed by atoms with van der Waals surface area (Å²) in [4.78, 5) is 2.92. The smallest absolute Gasteiger partial charge is 0.171 e. The van der Waals surface area contributed by atoms with Crippen LogP contribution in [0.4, 0.5) is 5.69 Å². The Labute approximate surface area is 169 Å². The molecule has 0 aliphatic carbocycles. The maximum Gasteiger partial charge on any atom is 0.171 e. The summed E-state index contributed by atoms with van der Waals surface area (Å²) in [5.74, 6) is 0. The molecule has 1 saturated heterocycles. The molecule has 0 radical (unpaired) electrons. The van der Waals surface area contributed by atoms with E-state index in [1.54, 1.807) is 16.2 Å². The van der Waals surface area contributed by atoms with Crippen LogP contribution in [0.15, 0.2) is 35.7 Å². The van der Waals surface area contributed by atoms with Gasteiger partial charge in [0, 0.05) is 10.7 Å². The predicted octanol–water partition coefficient (Wildman–Crippen LogP) is 3.04. The molecule has 2 heterocycles. The van der Waals surface area contributed by atoms with Gasteiger partial charge in [0.15, 0.2) is 5.11 Å². The van der Waals surface area contributed by atoms with Crippen LogP contribution in [0.3, 0.4) is 0 Å². The Kier molecular flexibility index (Phi) is 6.89. The maximum absolute atomic E-state index is 6.21. The Morgan fingerprint density at radius 3 is 2.73 bits per heavy atom. The summed E-state index contributed by atoms with van der Waals surface area (Å²) in [5, 5.41) is 10.3. The van der Waals surface area contributed by atoms with Gasteiger partial charge in [0.2, 0.25) is 0 Å². The molecular weight excluding hydrogens is 386 g/mol. The third-order valence-corrected chi connectivity index (χ3v) is 6.38. The summed E-state index contributed by atoms with van der Waals surface area (Å²) >= 11 is 13.6. The average Bonchev–Trinajstić information content (AvgIpc) is 3.14. The number of halogens is 1. The lowest BCUT2D eigenvalue weighted by atomic mass is 10.1. The minimum absolute atomic E-state index is 0.196. The van der Waals surface area contributed by atoms with E-state index in [9.17, 15) is 0 Å². The fourth-order valence-electron chi connectivity index (χ4n) is 3.41. The number of thiocarbonyl (C=S) groups is 1. The lowest BCUT2D eigenvalue weighted by Gasteiger charge is -2.35. The lowest BCUT2D eigenvalue weighted by molar-refractivity contribution is -0.939. The molecule has 0 bridgehead atoms. The molecule has 0 saturated carbocycles. The molecule has 3 N–H and O–H groups in total. The highest BCUT2D eigenvalue weighted by Gasteiger charge is 2.32. The molecule has 0 spiro atoms. The van der Waals surface area contributed by atoms with E-state index in [0.717, 1.165) is 42.6 Å². The molecule has 2 aromatic rings. The normalized spacial score (nSPS) is 17.5. The second-order valence-electron chi connectivity index (χ2n) is 6.56. The number of hydrogen-bond acceptors (Lipinski definition) is 3. The van der Waals surface area contributed by atoms with Gasteiger partial charge in [-0.1, -0.05) is 23.7 Å². The summed E-state index contributed by atoms with van der Waals surface area (Å²) in [6.45, 7) is 7.85. The topological polar surface area (TPSA) is 37.7 Å². The molecule has 0 amide bonds. The summed E-state index contributed by atoms with van der Waals surface area (Å²) in [6, 6.07) is 10.7. The second-order valence-corrected chi connectivity index (χ2v) is 8.36. The minimum atomic E-state index is 0.196. The predicted molar refractivity (Wildman–Crippen MR) is 114 cm³/mol. The first-order valence-electron chi connectivity index (χ1n) is 8.84. The van der Waals surface area contributed by atoms with Crippen molar-refractivity contribution in [1.82, 2.24) is 5.32 Å². The zero-order valence-electron chi connectivity index (χ0n) is 15.0. The number of rotatable bonds is 5. The Balaban J connectivity index is 1.69. The van der Waals surface area contributed by atoms with Crippen LogP contribution >= 0.6 is 35.2 Å². The highest BCUT2D eigenvalue weighted by atomic mass is 35.5. The number of ether oxygens (including phenoxy) is 1. The molecule has 2 atom stereocenters. The molecule has 1 aromatic heterocycles. The van der Waals surface area contributed by atoms with Gasteiger partial charge in [0.05, 0.1) is 24.1 Å². The number of benzene rings is 1. The van der Waals surface area contributed by atoms with E-state index in [2.05, 4.69) is 35.1 Å². The van der Waals surface area contributed by atoms with Gasteiger partial charge in [0.25, 0.3) is 0 Å². The number of thiophene rings is 1. The first kappa shape index (κ1) is 19.6. The number of morpholine rings is 1. The van der Waals surface area contributed by atoms with Gasteiger partial charge < -0.3 is 20.3 Å². The van der Waals surface area contributed by atoms with Gasteiger partial charge in [-0.05, 0) is 55.2 Å². The van der Waals surface area contributed by atoms with E-state index in [1.165, 1.54) is 4.88 Å². The summed E-state index contributed by atoms with van der Waals surface area (Å²) in [7, 11) is 0. The first-order valence-corrected chi connectivity index (χ1v) is 10.5. The molecule has 7 heteroatoms. The van der Waals surface area contributed by atoms with Crippen molar-refractivity contribution >= 4 is 46.0 Å². The molecule has 3 rings (SSSR count). The SMILES string of the molecule is Cc1c(Cl)cccc1NC(=S)N[C@@H](C)[C@@H](c1cccs1)[NH+]1CCOCC1. The van der Waals surface area contributed by atoms with E-state index in [0.29, 0.717) is 11.2 Å². The molecule has 1 aliphatic rings. The number of anilines is 1. The largest absolute Gasteiger partial charge is 0.370 e. The van der Waals surface area contributed by atoms with Gasteiger partial charge in [-0.2, -0.15) is 0 Å². The zero-order valence-corrected chi connectivity index (χ0v) is 17.4. The Morgan fingerprint density at radius 2 is 2.04 bits per heavy atom. The molecular formula is C19H25ClN3OS2+. The van der Waals surface area contributed by atoms with Crippen molar-refractivity contribution < 1.29 is 9.64 Å². The number of hydrogen-bond donors (Lipinski definition) is 3. The highest BCUT2D eigenvalue weighted by molar-refractivity contribution is 7.80. The Morgan fingerprint density at radius 1 is 1.27 bits per heavy atom. The molecule has 4 nitrogen and oxygen atoms in total. The van der Waals surface area contributed by atoms with Crippen LogP contribution in [-0.2, 0) is 4.74 Å². The molecule has 1 fully saturated rings. The van der Waals surface area contributed by atoms with Crippen molar-refractivity contribution in [2.45, 2.75) is 25.9 Å².